The quantitative estimate of drug-likeness (QED) is 0.141. The van der Waals surface area contributed by atoms with E-state index in [0.717, 1.165) is 34.4 Å². The van der Waals surface area contributed by atoms with Crippen molar-refractivity contribution >= 4 is 24.9 Å². The van der Waals surface area contributed by atoms with E-state index in [4.69, 9.17) is 18.9 Å². The van der Waals surface area contributed by atoms with Crippen molar-refractivity contribution in [2.45, 2.75) is 77.8 Å². The van der Waals surface area contributed by atoms with Crippen molar-refractivity contribution in [3.8, 4) is 23.0 Å². The molecule has 6 rings (SSSR count). The van der Waals surface area contributed by atoms with Gasteiger partial charge in [-0.25, -0.2) is 0 Å². The van der Waals surface area contributed by atoms with Gasteiger partial charge in [-0.15, -0.1) is 0 Å². The topological polar surface area (TPSA) is 43.2 Å². The van der Waals surface area contributed by atoms with Crippen LogP contribution in [0.3, 0.4) is 0 Å². The van der Waals surface area contributed by atoms with Gasteiger partial charge >= 0.3 is 33.0 Å². The van der Waals surface area contributed by atoms with Crippen LogP contribution in [0.15, 0.2) is 60.3 Å². The molecule has 0 aromatic heterocycles. The number of hydrogen-bond donors (Lipinski definition) is 0. The molecule has 0 aliphatic carbocycles. The molecule has 4 heterocycles. The zero-order valence-corrected chi connectivity index (χ0v) is 28.3. The van der Waals surface area contributed by atoms with Crippen molar-refractivity contribution in [3.05, 3.63) is 71.5 Å². The number of allylic oxidation sites excluding steroid dienone is 6. The van der Waals surface area contributed by atoms with Crippen LogP contribution in [0, 0.1) is 0 Å². The van der Waals surface area contributed by atoms with E-state index in [0.29, 0.717) is 0 Å². The number of anilines is 1. The summed E-state index contributed by atoms with van der Waals surface area (Å²) in [6.07, 6.45) is 10.7. The van der Waals surface area contributed by atoms with E-state index in [1.54, 1.807) is 0 Å². The number of nitrogens with zero attached hydrogens (tertiary/aromatic N) is 2. The number of benzene rings is 2. The third-order valence-electron chi connectivity index (χ3n) is 8.35. The molecule has 0 saturated carbocycles. The van der Waals surface area contributed by atoms with Crippen LogP contribution in [0.25, 0.3) is 0 Å². The van der Waals surface area contributed by atoms with Gasteiger partial charge in [0, 0.05) is 69.2 Å². The molecule has 2 aromatic carbocycles. The molecule has 0 bridgehead atoms. The van der Waals surface area contributed by atoms with Gasteiger partial charge in [0.2, 0.25) is 17.3 Å². The second kappa shape index (κ2) is 9.46. The van der Waals surface area contributed by atoms with E-state index in [9.17, 15) is 25.2 Å². The van der Waals surface area contributed by atoms with Crippen LogP contribution in [0.5, 0.6) is 23.0 Å². The van der Waals surface area contributed by atoms with Crippen LogP contribution in [0.4, 0.5) is 36.6 Å². The minimum absolute atomic E-state index is 0.160. The number of ether oxygens (including phenoxy) is 4. The molecule has 0 radical (unpaired) electrons. The van der Waals surface area contributed by atoms with Gasteiger partial charge in [0.05, 0.1) is 11.5 Å². The Morgan fingerprint density at radius 3 is 1.63 bits per heavy atom. The maximum atomic E-state index is 9.87. The summed E-state index contributed by atoms with van der Waals surface area (Å²) in [7, 11) is -6.42. The standard InChI is InChI=1S/C33H39N2O4.F6P/c1-30(2)20-16-24-26(38-32(5,6)36-24)18-22(20)34(9)28(30)14-12-11-13-15-29-31(3,4)21-17-25-27(19-23(21)35(29)10)39-33(7,8)37-25;1-7(2,3,4,5)6/h11-19H,1-10H3;/q+1;-1. The number of hydrogen-bond acceptors (Lipinski definition) is 5. The Bertz CT molecular complexity index is 1760. The van der Waals surface area contributed by atoms with Crippen molar-refractivity contribution in [2.75, 3.05) is 19.0 Å². The molecule has 0 spiro atoms. The third kappa shape index (κ3) is 6.73. The Kier molecular flexibility index (Phi) is 6.93. The van der Waals surface area contributed by atoms with Crippen LogP contribution in [0.1, 0.15) is 66.5 Å². The molecule has 4 aliphatic heterocycles. The van der Waals surface area contributed by atoms with Crippen LogP contribution in [0.2, 0.25) is 0 Å². The molecule has 252 valence electrons. The van der Waals surface area contributed by atoms with Crippen molar-refractivity contribution in [1.29, 1.82) is 0 Å². The fraction of sp³-hybridized carbons (Fsp3) is 0.424. The second-order valence-corrected chi connectivity index (χ2v) is 15.8. The van der Waals surface area contributed by atoms with Gasteiger partial charge in [-0.05, 0) is 37.6 Å². The molecular formula is C33H39F6N2O4P. The summed E-state index contributed by atoms with van der Waals surface area (Å²) in [6.45, 7) is 16.8. The molecule has 0 N–H and O–H groups in total. The predicted octanol–water partition coefficient (Wildman–Crippen LogP) is 10.5. The van der Waals surface area contributed by atoms with Crippen LogP contribution < -0.4 is 23.8 Å². The molecule has 0 fully saturated rings. The summed E-state index contributed by atoms with van der Waals surface area (Å²) < 4.78 is 85.5. The third-order valence-corrected chi connectivity index (χ3v) is 8.35. The number of halogens is 6. The van der Waals surface area contributed by atoms with Crippen LogP contribution in [-0.2, 0) is 10.8 Å². The first-order valence-corrected chi connectivity index (χ1v) is 16.7. The first kappa shape index (κ1) is 33.7. The summed E-state index contributed by atoms with van der Waals surface area (Å²) in [6, 6.07) is 8.48. The van der Waals surface area contributed by atoms with E-state index >= 15 is 0 Å². The normalized spacial score (nSPS) is 23.4. The zero-order chi connectivity index (χ0) is 34.5. The molecule has 13 heteroatoms. The van der Waals surface area contributed by atoms with E-state index in [2.05, 4.69) is 106 Å². The minimum atomic E-state index is -10.7. The molecule has 4 aliphatic rings. The fourth-order valence-electron chi connectivity index (χ4n) is 6.45. The molecular weight excluding hydrogens is 633 g/mol. The Morgan fingerprint density at radius 2 is 1.11 bits per heavy atom. The molecule has 0 unspecified atom stereocenters. The van der Waals surface area contributed by atoms with Crippen LogP contribution >= 0.6 is 7.81 Å². The number of fused-ring (bicyclic) bond motifs is 4. The number of rotatable bonds is 3. The molecule has 46 heavy (non-hydrogen) atoms. The zero-order valence-electron chi connectivity index (χ0n) is 27.4. The average molecular weight is 673 g/mol. The molecule has 0 amide bonds. The van der Waals surface area contributed by atoms with Crippen molar-refractivity contribution in [2.24, 2.45) is 0 Å². The van der Waals surface area contributed by atoms with Gasteiger partial charge in [-0.2, -0.15) is 4.58 Å². The summed E-state index contributed by atoms with van der Waals surface area (Å²) in [4.78, 5) is 2.25. The molecule has 0 atom stereocenters. The fourth-order valence-corrected chi connectivity index (χ4v) is 6.45. The number of likely N-dealkylation sites (N-methyl/N-ethyl adjacent to an activating group) is 1. The SMILES string of the molecule is CN1C(=CC=CC=CC2=[N+](C)c3cc4c(cc3C2(C)C)OC(C)(C)O4)C(C)(C)c2cc3c(cc21)OC(C)(C)O3.F[P-](F)(F)(F)(F)F. The summed E-state index contributed by atoms with van der Waals surface area (Å²) in [5, 5.41) is 0. The first-order valence-electron chi connectivity index (χ1n) is 14.7. The van der Waals surface area contributed by atoms with E-state index in [-0.39, 0.29) is 10.8 Å². The van der Waals surface area contributed by atoms with Gasteiger partial charge in [-0.1, -0.05) is 32.1 Å². The maximum absolute atomic E-state index is 10.7. The molecule has 0 saturated heterocycles. The van der Waals surface area contributed by atoms with Gasteiger partial charge in [-0.3, -0.25) is 0 Å². The average Bonchev–Trinajstić information content (AvgIpc) is 3.45. The van der Waals surface area contributed by atoms with E-state index in [1.807, 2.05) is 27.7 Å². The molecule has 2 aromatic rings. The Morgan fingerprint density at radius 1 is 0.652 bits per heavy atom. The van der Waals surface area contributed by atoms with Gasteiger partial charge < -0.3 is 23.8 Å². The summed E-state index contributed by atoms with van der Waals surface area (Å²) in [5.74, 6) is 1.97. The Balaban J connectivity index is 0.000000537. The van der Waals surface area contributed by atoms with Crippen LogP contribution in [-0.4, -0.2) is 36.0 Å². The van der Waals surface area contributed by atoms with Crippen molar-refractivity contribution in [3.63, 3.8) is 0 Å². The monoisotopic (exact) mass is 672 g/mol. The first-order chi connectivity index (χ1) is 20.6. The second-order valence-electron chi connectivity index (χ2n) is 13.8. The predicted molar refractivity (Wildman–Crippen MR) is 169 cm³/mol. The molecule has 6 nitrogen and oxygen atoms in total. The Labute approximate surface area is 264 Å². The van der Waals surface area contributed by atoms with E-state index < -0.39 is 19.4 Å². The summed E-state index contributed by atoms with van der Waals surface area (Å²) >= 11 is 0. The van der Waals surface area contributed by atoms with E-state index in [1.165, 1.54) is 22.5 Å². The summed E-state index contributed by atoms with van der Waals surface area (Å²) in [5.41, 5.74) is 6.92. The van der Waals surface area contributed by atoms with Gasteiger partial charge in [0.25, 0.3) is 0 Å². The van der Waals surface area contributed by atoms with Gasteiger partial charge in [0.1, 0.15) is 7.05 Å². The van der Waals surface area contributed by atoms with Crippen molar-refractivity contribution < 1.29 is 48.7 Å². The Hall–Kier alpha value is -3.66. The van der Waals surface area contributed by atoms with Crippen molar-refractivity contribution in [1.82, 2.24) is 0 Å². The van der Waals surface area contributed by atoms with Gasteiger partial charge in [0.15, 0.2) is 28.7 Å².